The van der Waals surface area contributed by atoms with Crippen LogP contribution in [0.2, 0.25) is 0 Å². The molecule has 110 valence electrons. The first kappa shape index (κ1) is 16.7. The number of hydrogen-bond acceptors (Lipinski definition) is 3. The van der Waals surface area contributed by atoms with Crippen LogP contribution in [0.1, 0.15) is 25.3 Å². The standard InChI is InChI=1S/C15H20NO3.ClH/c1-2-19-15(18)16(10-6-9-14(17)12-16)11-13-7-4-3-5-8-13;/h3-5,7-8H,2,6,9-12H2,1H3;1H/q+1;. The van der Waals surface area contributed by atoms with Gasteiger partial charge in [0.15, 0.2) is 5.78 Å². The van der Waals surface area contributed by atoms with E-state index in [-0.39, 0.29) is 35.3 Å². The molecule has 0 bridgehead atoms. The van der Waals surface area contributed by atoms with E-state index in [0.717, 1.165) is 12.0 Å². The Labute approximate surface area is 125 Å². The van der Waals surface area contributed by atoms with Crippen molar-refractivity contribution < 1.29 is 18.8 Å². The summed E-state index contributed by atoms with van der Waals surface area (Å²) in [6.07, 6.45) is 1.05. The molecule has 1 heterocycles. The lowest BCUT2D eigenvalue weighted by atomic mass is 10.1. The maximum Gasteiger partial charge on any atom is 0.516 e. The number of likely N-dealkylation sites (tertiary alicyclic amines) is 1. The molecule has 0 saturated carbocycles. The Morgan fingerprint density at radius 3 is 2.60 bits per heavy atom. The first-order chi connectivity index (χ1) is 9.16. The summed E-state index contributed by atoms with van der Waals surface area (Å²) >= 11 is 0. The zero-order chi connectivity index (χ0) is 13.7. The third-order valence-corrected chi connectivity index (χ3v) is 3.50. The molecule has 4 nitrogen and oxygen atoms in total. The number of rotatable bonds is 3. The van der Waals surface area contributed by atoms with Crippen LogP contribution in [0.25, 0.3) is 0 Å². The Kier molecular flexibility index (Phi) is 6.17. The molecular formula is C15H21ClNO3+. The smallest absolute Gasteiger partial charge is 0.420 e. The summed E-state index contributed by atoms with van der Waals surface area (Å²) in [5, 5.41) is 0. The zero-order valence-corrected chi connectivity index (χ0v) is 12.5. The molecule has 0 radical (unpaired) electrons. The summed E-state index contributed by atoms with van der Waals surface area (Å²) < 4.78 is 5.29. The Bertz CT molecular complexity index is 463. The van der Waals surface area contributed by atoms with E-state index in [2.05, 4.69) is 0 Å². The van der Waals surface area contributed by atoms with Gasteiger partial charge >= 0.3 is 6.09 Å². The molecular weight excluding hydrogens is 278 g/mol. The zero-order valence-electron chi connectivity index (χ0n) is 11.7. The van der Waals surface area contributed by atoms with E-state index in [1.165, 1.54) is 0 Å². The number of Topliss-reactive ketones (excluding diaryl/α,β-unsaturated/α-hetero) is 1. The van der Waals surface area contributed by atoms with Gasteiger partial charge in [0.2, 0.25) is 0 Å². The van der Waals surface area contributed by atoms with E-state index in [9.17, 15) is 9.59 Å². The van der Waals surface area contributed by atoms with Crippen molar-refractivity contribution >= 4 is 24.3 Å². The molecule has 1 amide bonds. The highest BCUT2D eigenvalue weighted by molar-refractivity contribution is 5.85. The molecule has 1 aliphatic rings. The van der Waals surface area contributed by atoms with E-state index in [0.29, 0.717) is 26.1 Å². The van der Waals surface area contributed by atoms with Gasteiger partial charge in [-0.1, -0.05) is 30.3 Å². The van der Waals surface area contributed by atoms with Crippen LogP contribution >= 0.6 is 12.4 Å². The lowest BCUT2D eigenvalue weighted by Gasteiger charge is -2.36. The number of hydrogen-bond donors (Lipinski definition) is 0. The second kappa shape index (κ2) is 7.41. The van der Waals surface area contributed by atoms with Crippen molar-refractivity contribution in [2.75, 3.05) is 19.7 Å². The van der Waals surface area contributed by atoms with Crippen LogP contribution in [0, 0.1) is 0 Å². The average molecular weight is 299 g/mol. The monoisotopic (exact) mass is 298 g/mol. The van der Waals surface area contributed by atoms with Crippen molar-refractivity contribution in [1.29, 1.82) is 0 Å². The largest absolute Gasteiger partial charge is 0.516 e. The van der Waals surface area contributed by atoms with Crippen LogP contribution in [0.15, 0.2) is 30.3 Å². The van der Waals surface area contributed by atoms with Crippen LogP contribution in [0.3, 0.4) is 0 Å². The molecule has 0 spiro atoms. The Morgan fingerprint density at radius 1 is 1.30 bits per heavy atom. The molecule has 1 aliphatic heterocycles. The molecule has 1 aromatic carbocycles. The van der Waals surface area contributed by atoms with Crippen molar-refractivity contribution in [3.8, 4) is 0 Å². The molecule has 1 atom stereocenters. The minimum absolute atomic E-state index is 0. The number of piperidine rings is 1. The van der Waals surface area contributed by atoms with Gasteiger partial charge in [-0.25, -0.2) is 4.48 Å². The average Bonchev–Trinajstić information content (AvgIpc) is 2.40. The van der Waals surface area contributed by atoms with E-state index >= 15 is 0 Å². The molecule has 1 unspecified atom stereocenters. The summed E-state index contributed by atoms with van der Waals surface area (Å²) in [4.78, 5) is 24.0. The molecule has 0 N–H and O–H groups in total. The topological polar surface area (TPSA) is 43.4 Å². The van der Waals surface area contributed by atoms with Crippen LogP contribution in [-0.4, -0.2) is 36.1 Å². The van der Waals surface area contributed by atoms with Gasteiger partial charge in [-0.15, -0.1) is 12.4 Å². The minimum Gasteiger partial charge on any atom is -0.420 e. The first-order valence-electron chi connectivity index (χ1n) is 6.75. The number of nitrogens with zero attached hydrogens (tertiary/aromatic N) is 1. The van der Waals surface area contributed by atoms with E-state index in [1.54, 1.807) is 6.92 Å². The fraction of sp³-hybridized carbons (Fsp3) is 0.467. The summed E-state index contributed by atoms with van der Waals surface area (Å²) in [5.74, 6) is 0.148. The number of carbonyl (C=O) groups is 2. The maximum absolute atomic E-state index is 12.3. The maximum atomic E-state index is 12.3. The summed E-state index contributed by atoms with van der Waals surface area (Å²) in [5.41, 5.74) is 1.06. The number of halogens is 1. The Hall–Kier alpha value is -1.39. The number of carbonyl (C=O) groups excluding carboxylic acids is 2. The quantitative estimate of drug-likeness (QED) is 0.806. The van der Waals surface area contributed by atoms with Crippen molar-refractivity contribution in [2.24, 2.45) is 0 Å². The summed E-state index contributed by atoms with van der Waals surface area (Å²) in [6, 6.07) is 9.81. The Morgan fingerprint density at radius 2 is 2.00 bits per heavy atom. The van der Waals surface area contributed by atoms with Gasteiger partial charge in [-0.2, -0.15) is 4.79 Å². The van der Waals surface area contributed by atoms with Gasteiger partial charge in [0, 0.05) is 18.4 Å². The van der Waals surface area contributed by atoms with Crippen molar-refractivity contribution in [1.82, 2.24) is 0 Å². The molecule has 20 heavy (non-hydrogen) atoms. The van der Waals surface area contributed by atoms with Gasteiger partial charge in [0.1, 0.15) is 13.1 Å². The second-order valence-corrected chi connectivity index (χ2v) is 5.01. The summed E-state index contributed by atoms with van der Waals surface area (Å²) in [7, 11) is 0. The van der Waals surface area contributed by atoms with Crippen LogP contribution in [0.5, 0.6) is 0 Å². The fourth-order valence-electron chi connectivity index (χ4n) is 2.62. The fourth-order valence-corrected chi connectivity index (χ4v) is 2.62. The van der Waals surface area contributed by atoms with Gasteiger partial charge in [0.25, 0.3) is 0 Å². The minimum atomic E-state index is -0.278. The predicted molar refractivity (Wildman–Crippen MR) is 78.7 cm³/mol. The van der Waals surface area contributed by atoms with Crippen molar-refractivity contribution in [3.63, 3.8) is 0 Å². The molecule has 2 rings (SSSR count). The number of amides is 1. The van der Waals surface area contributed by atoms with E-state index in [4.69, 9.17) is 4.74 Å². The molecule has 5 heteroatoms. The van der Waals surface area contributed by atoms with Crippen LogP contribution < -0.4 is 0 Å². The normalized spacial score (nSPS) is 21.9. The highest BCUT2D eigenvalue weighted by Gasteiger charge is 2.43. The number of quaternary nitrogens is 1. The van der Waals surface area contributed by atoms with Gasteiger partial charge in [0.05, 0.1) is 13.2 Å². The number of ether oxygens (including phenoxy) is 1. The molecule has 1 saturated heterocycles. The van der Waals surface area contributed by atoms with Crippen LogP contribution in [-0.2, 0) is 16.1 Å². The molecule has 1 fully saturated rings. The van der Waals surface area contributed by atoms with E-state index < -0.39 is 0 Å². The van der Waals surface area contributed by atoms with Gasteiger partial charge in [-0.3, -0.25) is 4.79 Å². The van der Waals surface area contributed by atoms with Crippen LogP contribution in [0.4, 0.5) is 4.79 Å². The lowest BCUT2D eigenvalue weighted by Crippen LogP contribution is -2.57. The van der Waals surface area contributed by atoms with Crippen molar-refractivity contribution in [2.45, 2.75) is 26.3 Å². The molecule has 0 aliphatic carbocycles. The third kappa shape index (κ3) is 3.81. The van der Waals surface area contributed by atoms with Crippen molar-refractivity contribution in [3.05, 3.63) is 35.9 Å². The van der Waals surface area contributed by atoms with E-state index in [1.807, 2.05) is 30.3 Å². The Balaban J connectivity index is 0.00000200. The lowest BCUT2D eigenvalue weighted by molar-refractivity contribution is -0.866. The highest BCUT2D eigenvalue weighted by Crippen LogP contribution is 2.23. The SMILES string of the molecule is CCOC(=O)[N+]1(Cc2ccccc2)CCCC(=O)C1.Cl. The first-order valence-corrected chi connectivity index (χ1v) is 6.75. The number of ketones is 1. The molecule has 1 aromatic rings. The van der Waals surface area contributed by atoms with Gasteiger partial charge in [-0.05, 0) is 6.92 Å². The summed E-state index contributed by atoms with van der Waals surface area (Å²) in [6.45, 7) is 3.61. The molecule has 0 aromatic heterocycles. The third-order valence-electron chi connectivity index (χ3n) is 3.50. The highest BCUT2D eigenvalue weighted by atomic mass is 35.5. The second-order valence-electron chi connectivity index (χ2n) is 5.01. The van der Waals surface area contributed by atoms with Gasteiger partial charge < -0.3 is 4.74 Å². The number of benzene rings is 1. The predicted octanol–water partition coefficient (Wildman–Crippen LogP) is 2.94.